The number of fused-ring (bicyclic) bond motifs is 1. The van der Waals surface area contributed by atoms with Crippen LogP contribution in [0.2, 0.25) is 0 Å². The highest BCUT2D eigenvalue weighted by molar-refractivity contribution is 9.10. The van der Waals surface area contributed by atoms with Crippen LogP contribution < -0.4 is 5.73 Å². The zero-order valence-electron chi connectivity index (χ0n) is 8.71. The third-order valence-electron chi connectivity index (χ3n) is 2.43. The van der Waals surface area contributed by atoms with Crippen molar-refractivity contribution in [3.8, 4) is 17.2 Å². The van der Waals surface area contributed by atoms with Gasteiger partial charge in [0.25, 0.3) is 0 Å². The molecule has 0 unspecified atom stereocenters. The summed E-state index contributed by atoms with van der Waals surface area (Å²) in [7, 11) is 0. The summed E-state index contributed by atoms with van der Waals surface area (Å²) in [5.74, 6) is 1.07. The maximum Gasteiger partial charge on any atom is 0.199 e. The molecule has 0 radical (unpaired) electrons. The zero-order chi connectivity index (χ0) is 11.8. The van der Waals surface area contributed by atoms with Crippen LogP contribution in [0, 0.1) is 0 Å². The summed E-state index contributed by atoms with van der Waals surface area (Å²) in [6.45, 7) is 0. The first-order chi connectivity index (χ1) is 8.25. The van der Waals surface area contributed by atoms with Crippen molar-refractivity contribution >= 4 is 21.7 Å². The van der Waals surface area contributed by atoms with Crippen LogP contribution in [0.4, 0.5) is 5.82 Å². The quantitative estimate of drug-likeness (QED) is 0.697. The van der Waals surface area contributed by atoms with E-state index in [0.29, 0.717) is 22.1 Å². The highest BCUT2D eigenvalue weighted by Gasteiger charge is 2.18. The molecule has 0 bridgehead atoms. The van der Waals surface area contributed by atoms with E-state index in [9.17, 15) is 0 Å². The Hall–Kier alpha value is -1.95. The highest BCUT2D eigenvalue weighted by Crippen LogP contribution is 2.27. The fourth-order valence-corrected chi connectivity index (χ4v) is 2.01. The van der Waals surface area contributed by atoms with Gasteiger partial charge in [0.05, 0.1) is 0 Å². The van der Waals surface area contributed by atoms with Gasteiger partial charge < -0.3 is 5.73 Å². The molecule has 6 heteroatoms. The number of anilines is 1. The maximum absolute atomic E-state index is 5.77. The first kappa shape index (κ1) is 10.2. The van der Waals surface area contributed by atoms with E-state index in [0.717, 1.165) is 5.69 Å². The van der Waals surface area contributed by atoms with E-state index in [1.807, 2.05) is 34.9 Å². The van der Waals surface area contributed by atoms with E-state index in [4.69, 9.17) is 5.73 Å². The normalized spacial score (nSPS) is 10.9. The predicted molar refractivity (Wildman–Crippen MR) is 67.9 cm³/mol. The van der Waals surface area contributed by atoms with Crippen LogP contribution in [-0.2, 0) is 0 Å². The van der Waals surface area contributed by atoms with Crippen molar-refractivity contribution in [1.29, 1.82) is 0 Å². The van der Waals surface area contributed by atoms with Crippen LogP contribution in [-0.4, -0.2) is 19.5 Å². The standard InChI is InChI=1S/C11H8BrN5/c12-11-15-8-9(13)14-6-17(10(8)16-11)7-4-2-1-3-5-7/h1-6H,13H2. The van der Waals surface area contributed by atoms with Gasteiger partial charge in [-0.25, -0.2) is 15.0 Å². The third kappa shape index (κ3) is 1.66. The lowest BCUT2D eigenvalue weighted by atomic mass is 10.3. The Morgan fingerprint density at radius 1 is 1.12 bits per heavy atom. The number of imidazole rings is 1. The largest absolute Gasteiger partial charge is 0.382 e. The van der Waals surface area contributed by atoms with Gasteiger partial charge in [0.1, 0.15) is 6.33 Å². The van der Waals surface area contributed by atoms with Crippen LogP contribution >= 0.6 is 15.9 Å². The van der Waals surface area contributed by atoms with Gasteiger partial charge in [0.2, 0.25) is 0 Å². The molecular weight excluding hydrogens is 282 g/mol. The molecule has 2 aliphatic rings. The van der Waals surface area contributed by atoms with Crippen molar-refractivity contribution in [1.82, 2.24) is 19.5 Å². The number of hydrogen-bond donors (Lipinski definition) is 1. The molecule has 5 nitrogen and oxygen atoms in total. The van der Waals surface area contributed by atoms with Gasteiger partial charge in [-0.1, -0.05) is 18.2 Å². The number of nitrogens with two attached hydrogens (primary N) is 1. The van der Waals surface area contributed by atoms with Gasteiger partial charge in [-0.2, -0.15) is 0 Å². The van der Waals surface area contributed by atoms with Crippen LogP contribution in [0.25, 0.3) is 17.2 Å². The highest BCUT2D eigenvalue weighted by atomic mass is 79.9. The van der Waals surface area contributed by atoms with Gasteiger partial charge in [0, 0.05) is 5.69 Å². The van der Waals surface area contributed by atoms with Gasteiger partial charge in [-0.05, 0) is 28.1 Å². The van der Waals surface area contributed by atoms with E-state index >= 15 is 0 Å². The number of halogens is 1. The number of nitrogens with zero attached hydrogens (tertiary/aromatic N) is 4. The van der Waals surface area contributed by atoms with Crippen LogP contribution in [0.1, 0.15) is 0 Å². The topological polar surface area (TPSA) is 69.6 Å². The molecule has 0 aliphatic carbocycles. The van der Waals surface area contributed by atoms with Gasteiger partial charge >= 0.3 is 0 Å². The van der Waals surface area contributed by atoms with Crippen LogP contribution in [0.15, 0.2) is 41.4 Å². The van der Waals surface area contributed by atoms with E-state index in [1.54, 1.807) is 6.33 Å². The second-order valence-electron chi connectivity index (χ2n) is 3.50. The first-order valence-electron chi connectivity index (χ1n) is 4.97. The summed E-state index contributed by atoms with van der Waals surface area (Å²) in [5, 5.41) is 0. The van der Waals surface area contributed by atoms with E-state index < -0.39 is 0 Å². The molecule has 2 heterocycles. The Balaban J connectivity index is 2.29. The molecule has 3 rings (SSSR count). The van der Waals surface area contributed by atoms with Gasteiger partial charge in [-0.15, -0.1) is 0 Å². The minimum Gasteiger partial charge on any atom is -0.382 e. The monoisotopic (exact) mass is 289 g/mol. The molecule has 1 aromatic rings. The molecule has 0 fully saturated rings. The number of rotatable bonds is 1. The Kier molecular flexibility index (Phi) is 2.29. The smallest absolute Gasteiger partial charge is 0.199 e. The van der Waals surface area contributed by atoms with Gasteiger partial charge in [-0.3, -0.25) is 4.57 Å². The van der Waals surface area contributed by atoms with Crippen molar-refractivity contribution in [2.75, 3.05) is 5.73 Å². The Morgan fingerprint density at radius 2 is 1.88 bits per heavy atom. The average molecular weight is 290 g/mol. The van der Waals surface area contributed by atoms with Crippen molar-refractivity contribution in [2.45, 2.75) is 0 Å². The predicted octanol–water partition coefficient (Wildman–Crippen LogP) is 2.11. The summed E-state index contributed by atoms with van der Waals surface area (Å²) in [4.78, 5) is 12.6. The zero-order valence-corrected chi connectivity index (χ0v) is 10.3. The van der Waals surface area contributed by atoms with Crippen molar-refractivity contribution in [3.63, 3.8) is 0 Å². The van der Waals surface area contributed by atoms with E-state index in [2.05, 4.69) is 30.9 Å². The minimum atomic E-state index is 0.380. The summed E-state index contributed by atoms with van der Waals surface area (Å²) in [5.41, 5.74) is 7.34. The van der Waals surface area contributed by atoms with Crippen LogP contribution in [0.5, 0.6) is 0 Å². The van der Waals surface area contributed by atoms with Crippen LogP contribution in [0.3, 0.4) is 0 Å². The summed E-state index contributed by atoms with van der Waals surface area (Å²) in [6.07, 6.45) is 1.65. The summed E-state index contributed by atoms with van der Waals surface area (Å²) >= 11 is 3.25. The number of para-hydroxylation sites is 1. The van der Waals surface area contributed by atoms with E-state index in [-0.39, 0.29) is 0 Å². The number of hydrogen-bond acceptors (Lipinski definition) is 4. The number of aromatic nitrogens is 4. The second kappa shape index (κ2) is 3.81. The summed E-state index contributed by atoms with van der Waals surface area (Å²) in [6, 6.07) is 9.81. The lowest BCUT2D eigenvalue weighted by Gasteiger charge is -2.10. The molecule has 2 N–H and O–H groups in total. The molecule has 0 saturated heterocycles. The molecule has 84 valence electrons. The molecule has 17 heavy (non-hydrogen) atoms. The van der Waals surface area contributed by atoms with Crippen molar-refractivity contribution in [3.05, 3.63) is 41.4 Å². The Labute approximate surface area is 106 Å². The minimum absolute atomic E-state index is 0.380. The first-order valence-corrected chi connectivity index (χ1v) is 5.76. The molecule has 1 aromatic carbocycles. The maximum atomic E-state index is 5.77. The van der Waals surface area contributed by atoms with Crippen molar-refractivity contribution < 1.29 is 0 Å². The lowest BCUT2D eigenvalue weighted by Crippen LogP contribution is -2.06. The summed E-state index contributed by atoms with van der Waals surface area (Å²) < 4.78 is 2.36. The molecular formula is C11H8BrN5. The molecule has 0 spiro atoms. The third-order valence-corrected chi connectivity index (χ3v) is 2.79. The van der Waals surface area contributed by atoms with E-state index in [1.165, 1.54) is 0 Å². The second-order valence-corrected chi connectivity index (χ2v) is 4.21. The Morgan fingerprint density at radius 3 is 2.65 bits per heavy atom. The number of benzene rings is 1. The average Bonchev–Trinajstić information content (AvgIpc) is 2.73. The fraction of sp³-hybridized carbons (Fsp3) is 0. The molecule has 0 saturated carbocycles. The SMILES string of the molecule is Nc1ncn(-c2ccccc2)c2nc(Br)nc1-2. The van der Waals surface area contributed by atoms with Crippen molar-refractivity contribution in [2.24, 2.45) is 0 Å². The molecule has 0 aromatic heterocycles. The fourth-order valence-electron chi connectivity index (χ4n) is 1.66. The molecule has 0 atom stereocenters. The Bertz CT molecular complexity index is 634. The lowest BCUT2D eigenvalue weighted by molar-refractivity contribution is 0.965. The van der Waals surface area contributed by atoms with Gasteiger partial charge in [0.15, 0.2) is 22.1 Å². The number of nitrogen functional groups attached to an aromatic ring is 1. The molecule has 2 aliphatic heterocycles. The molecule has 0 amide bonds.